The molecule has 0 aromatic carbocycles. The van der Waals surface area contributed by atoms with Gasteiger partial charge in [-0.1, -0.05) is 11.8 Å². The summed E-state index contributed by atoms with van der Waals surface area (Å²) in [6.07, 6.45) is 3.28. The van der Waals surface area contributed by atoms with Gasteiger partial charge in [-0.3, -0.25) is 0 Å². The van der Waals surface area contributed by atoms with Gasteiger partial charge in [0.2, 0.25) is 0 Å². The van der Waals surface area contributed by atoms with Crippen LogP contribution in [-0.2, 0) is 18.8 Å². The molecule has 18 heavy (non-hydrogen) atoms. The highest BCUT2D eigenvalue weighted by atomic mass is 32.2. The number of halogens is 2. The van der Waals surface area contributed by atoms with Crippen LogP contribution in [0.2, 0.25) is 0 Å². The van der Waals surface area contributed by atoms with Gasteiger partial charge >= 0.3 is 0 Å². The van der Waals surface area contributed by atoms with Crippen molar-refractivity contribution in [1.82, 2.24) is 5.32 Å². The molecule has 0 unspecified atom stereocenters. The average molecular weight is 273 g/mol. The van der Waals surface area contributed by atoms with Crippen LogP contribution < -0.4 is 5.32 Å². The van der Waals surface area contributed by atoms with Gasteiger partial charge in [-0.15, -0.1) is 0 Å². The van der Waals surface area contributed by atoms with Crippen LogP contribution in [0.25, 0.3) is 0 Å². The Morgan fingerprint density at radius 3 is 2.72 bits per heavy atom. The molecule has 2 aromatic rings. The molecule has 0 atom stereocenters. The van der Waals surface area contributed by atoms with Crippen molar-refractivity contribution in [3.05, 3.63) is 47.8 Å². The van der Waals surface area contributed by atoms with Gasteiger partial charge in [0.25, 0.3) is 5.76 Å². The summed E-state index contributed by atoms with van der Waals surface area (Å²) in [5, 5.41) is 3.17. The number of nitrogens with one attached hydrogen (secondary N) is 1. The van der Waals surface area contributed by atoms with E-state index < -0.39 is 5.76 Å². The molecule has 0 aliphatic rings. The van der Waals surface area contributed by atoms with Crippen LogP contribution in [0.15, 0.2) is 39.6 Å². The third-order valence-corrected chi connectivity index (χ3v) is 2.98. The quantitative estimate of drug-likeness (QED) is 0.836. The Bertz CT molecular complexity index is 456. The van der Waals surface area contributed by atoms with E-state index in [2.05, 4.69) is 5.32 Å². The van der Waals surface area contributed by atoms with E-state index >= 15 is 0 Å². The Balaban J connectivity index is 1.73. The Hall–Kier alpha value is -1.27. The molecule has 2 rings (SSSR count). The van der Waals surface area contributed by atoms with E-state index in [1.165, 1.54) is 0 Å². The fraction of sp³-hybridized carbons (Fsp3) is 0.333. The number of alkyl halides is 2. The summed E-state index contributed by atoms with van der Waals surface area (Å²) in [4.78, 5) is 0. The smallest absolute Gasteiger partial charge is 0.284 e. The largest absolute Gasteiger partial charge is 0.472 e. The second-order valence-electron chi connectivity index (χ2n) is 3.67. The van der Waals surface area contributed by atoms with Gasteiger partial charge in [0, 0.05) is 12.1 Å². The zero-order valence-electron chi connectivity index (χ0n) is 9.57. The molecule has 3 nitrogen and oxygen atoms in total. The normalized spacial score (nSPS) is 11.3. The fourth-order valence-electron chi connectivity index (χ4n) is 1.46. The van der Waals surface area contributed by atoms with Crippen molar-refractivity contribution in [2.75, 3.05) is 0 Å². The van der Waals surface area contributed by atoms with Crippen molar-refractivity contribution in [3.8, 4) is 0 Å². The Kier molecular flexibility index (Phi) is 4.83. The minimum absolute atomic E-state index is 0.194. The second kappa shape index (κ2) is 6.61. The highest BCUT2D eigenvalue weighted by molar-refractivity contribution is 7.98. The summed E-state index contributed by atoms with van der Waals surface area (Å²) >= 11 is 0.560. The summed E-state index contributed by atoms with van der Waals surface area (Å²) in [7, 11) is 0. The highest BCUT2D eigenvalue weighted by Crippen LogP contribution is 2.21. The van der Waals surface area contributed by atoms with Crippen LogP contribution in [0, 0.1) is 0 Å². The summed E-state index contributed by atoms with van der Waals surface area (Å²) < 4.78 is 34.3. The maximum atomic E-state index is 12.0. The molecule has 0 aliphatic heterocycles. The monoisotopic (exact) mass is 273 g/mol. The van der Waals surface area contributed by atoms with Crippen molar-refractivity contribution in [1.29, 1.82) is 0 Å². The minimum Gasteiger partial charge on any atom is -0.472 e. The molecule has 0 radical (unpaired) electrons. The van der Waals surface area contributed by atoms with E-state index in [9.17, 15) is 8.78 Å². The van der Waals surface area contributed by atoms with Crippen molar-refractivity contribution in [3.63, 3.8) is 0 Å². The first kappa shape index (κ1) is 13.2. The third kappa shape index (κ3) is 4.19. The van der Waals surface area contributed by atoms with Gasteiger partial charge in [-0.25, -0.2) is 0 Å². The molecule has 1 N–H and O–H groups in total. The van der Waals surface area contributed by atoms with Crippen molar-refractivity contribution in [2.45, 2.75) is 24.6 Å². The standard InChI is InChI=1S/C12H13F2NO2S/c13-12(14)18-8-11-2-1-10(17-11)6-15-5-9-3-4-16-7-9/h1-4,7,12,15H,5-6,8H2. The van der Waals surface area contributed by atoms with Crippen molar-refractivity contribution >= 4 is 11.8 Å². The molecule has 0 fully saturated rings. The first-order valence-electron chi connectivity index (χ1n) is 5.43. The Labute approximate surface area is 108 Å². The number of rotatable bonds is 7. The molecule has 0 saturated heterocycles. The lowest BCUT2D eigenvalue weighted by Crippen LogP contribution is -2.11. The second-order valence-corrected chi connectivity index (χ2v) is 4.65. The molecular weight excluding hydrogens is 260 g/mol. The molecule has 6 heteroatoms. The van der Waals surface area contributed by atoms with Crippen LogP contribution in [0.4, 0.5) is 8.78 Å². The average Bonchev–Trinajstić information content (AvgIpc) is 2.97. The first-order valence-corrected chi connectivity index (χ1v) is 6.48. The zero-order chi connectivity index (χ0) is 12.8. The Morgan fingerprint density at radius 2 is 2.00 bits per heavy atom. The van der Waals surface area contributed by atoms with Crippen LogP contribution in [0.5, 0.6) is 0 Å². The number of hydrogen-bond acceptors (Lipinski definition) is 4. The van der Waals surface area contributed by atoms with E-state index in [0.717, 1.165) is 11.3 Å². The van der Waals surface area contributed by atoms with Gasteiger partial charge in [0.05, 0.1) is 24.8 Å². The molecule has 0 saturated carbocycles. The van der Waals surface area contributed by atoms with Crippen LogP contribution in [0.3, 0.4) is 0 Å². The summed E-state index contributed by atoms with van der Waals surface area (Å²) in [6, 6.07) is 5.40. The number of hydrogen-bond donors (Lipinski definition) is 1. The zero-order valence-corrected chi connectivity index (χ0v) is 10.4. The van der Waals surface area contributed by atoms with Crippen LogP contribution >= 0.6 is 11.8 Å². The molecule has 0 spiro atoms. The van der Waals surface area contributed by atoms with E-state index in [1.807, 2.05) is 6.07 Å². The molecule has 0 amide bonds. The highest BCUT2D eigenvalue weighted by Gasteiger charge is 2.07. The van der Waals surface area contributed by atoms with Gasteiger partial charge in [0.1, 0.15) is 11.5 Å². The van der Waals surface area contributed by atoms with Gasteiger partial charge < -0.3 is 14.2 Å². The fourth-order valence-corrected chi connectivity index (χ4v) is 1.91. The van der Waals surface area contributed by atoms with E-state index in [0.29, 0.717) is 30.6 Å². The molecule has 2 heterocycles. The van der Waals surface area contributed by atoms with Gasteiger partial charge in [-0.05, 0) is 18.2 Å². The molecule has 0 bridgehead atoms. The summed E-state index contributed by atoms with van der Waals surface area (Å²) in [5.74, 6) is -0.860. The van der Waals surface area contributed by atoms with Gasteiger partial charge in [0.15, 0.2) is 0 Å². The number of furan rings is 2. The van der Waals surface area contributed by atoms with Crippen molar-refractivity contribution < 1.29 is 17.6 Å². The third-order valence-electron chi connectivity index (χ3n) is 2.28. The summed E-state index contributed by atoms with van der Waals surface area (Å²) in [6.45, 7) is 1.24. The predicted octanol–water partition coefficient (Wildman–Crippen LogP) is 3.62. The maximum Gasteiger partial charge on any atom is 0.284 e. The first-order chi connectivity index (χ1) is 8.74. The Morgan fingerprint density at radius 1 is 1.17 bits per heavy atom. The lowest BCUT2D eigenvalue weighted by molar-refractivity contribution is 0.251. The van der Waals surface area contributed by atoms with E-state index in [4.69, 9.17) is 8.83 Å². The van der Waals surface area contributed by atoms with E-state index in [1.54, 1.807) is 24.7 Å². The minimum atomic E-state index is -2.36. The SMILES string of the molecule is FC(F)SCc1ccc(CNCc2ccoc2)o1. The van der Waals surface area contributed by atoms with Gasteiger partial charge in [-0.2, -0.15) is 8.78 Å². The topological polar surface area (TPSA) is 38.3 Å². The summed E-state index contributed by atoms with van der Waals surface area (Å²) in [5.41, 5.74) is 1.05. The molecule has 2 aromatic heterocycles. The molecule has 98 valence electrons. The molecule has 0 aliphatic carbocycles. The van der Waals surface area contributed by atoms with Crippen LogP contribution in [-0.4, -0.2) is 5.76 Å². The molecular formula is C12H13F2NO2S. The number of thioether (sulfide) groups is 1. The lowest BCUT2D eigenvalue weighted by atomic mass is 10.3. The lowest BCUT2D eigenvalue weighted by Gasteiger charge is -2.00. The predicted molar refractivity (Wildman–Crippen MR) is 65.3 cm³/mol. The van der Waals surface area contributed by atoms with Crippen molar-refractivity contribution in [2.24, 2.45) is 0 Å². The van der Waals surface area contributed by atoms with Crippen LogP contribution in [0.1, 0.15) is 17.1 Å². The maximum absolute atomic E-state index is 12.0. The van der Waals surface area contributed by atoms with E-state index in [-0.39, 0.29) is 5.75 Å².